The number of hydrogen-bond acceptors (Lipinski definition) is 2. The lowest BCUT2D eigenvalue weighted by Gasteiger charge is -2.30. The fraction of sp³-hybridized carbons (Fsp3) is 0.857. The zero-order valence-corrected chi connectivity index (χ0v) is 6.05. The SMILES string of the molecule is NC(=O)C[C@H](N)C1CCC1. The van der Waals surface area contributed by atoms with Crippen LogP contribution in [0.1, 0.15) is 25.7 Å². The third-order valence-corrected chi connectivity index (χ3v) is 2.19. The minimum atomic E-state index is -0.278. The third-order valence-electron chi connectivity index (χ3n) is 2.19. The van der Waals surface area contributed by atoms with Crippen molar-refractivity contribution < 1.29 is 4.79 Å². The number of nitrogens with two attached hydrogens (primary N) is 2. The summed E-state index contributed by atoms with van der Waals surface area (Å²) in [6.45, 7) is 0. The summed E-state index contributed by atoms with van der Waals surface area (Å²) in [4.78, 5) is 10.4. The first-order chi connectivity index (χ1) is 4.70. The van der Waals surface area contributed by atoms with Crippen LogP contribution >= 0.6 is 0 Å². The molecule has 0 aromatic rings. The molecule has 0 aliphatic heterocycles. The fourth-order valence-corrected chi connectivity index (χ4v) is 1.27. The Morgan fingerprint density at radius 3 is 2.50 bits per heavy atom. The van der Waals surface area contributed by atoms with Crippen LogP contribution in [0.25, 0.3) is 0 Å². The maximum absolute atomic E-state index is 10.4. The maximum atomic E-state index is 10.4. The average Bonchev–Trinajstić information content (AvgIpc) is 1.55. The first-order valence-corrected chi connectivity index (χ1v) is 3.74. The van der Waals surface area contributed by atoms with Gasteiger partial charge in [0.05, 0.1) is 0 Å². The van der Waals surface area contributed by atoms with E-state index in [1.807, 2.05) is 0 Å². The molecule has 3 heteroatoms. The highest BCUT2D eigenvalue weighted by molar-refractivity contribution is 5.74. The Kier molecular flexibility index (Phi) is 2.27. The van der Waals surface area contributed by atoms with Crippen molar-refractivity contribution in [1.82, 2.24) is 0 Å². The predicted molar refractivity (Wildman–Crippen MR) is 39.1 cm³/mol. The molecule has 0 bridgehead atoms. The summed E-state index contributed by atoms with van der Waals surface area (Å²) >= 11 is 0. The average molecular weight is 142 g/mol. The molecule has 0 heterocycles. The number of carbonyl (C=O) groups excluding carboxylic acids is 1. The summed E-state index contributed by atoms with van der Waals surface area (Å²) in [5, 5.41) is 0. The van der Waals surface area contributed by atoms with Gasteiger partial charge in [-0.25, -0.2) is 0 Å². The molecule has 0 spiro atoms. The molecule has 1 amide bonds. The van der Waals surface area contributed by atoms with E-state index in [2.05, 4.69) is 0 Å². The minimum Gasteiger partial charge on any atom is -0.370 e. The van der Waals surface area contributed by atoms with Crippen LogP contribution in [0.5, 0.6) is 0 Å². The zero-order chi connectivity index (χ0) is 7.56. The summed E-state index contributed by atoms with van der Waals surface area (Å²) in [5.74, 6) is 0.284. The zero-order valence-electron chi connectivity index (χ0n) is 6.05. The molecule has 0 unspecified atom stereocenters. The van der Waals surface area contributed by atoms with Crippen LogP contribution in [0, 0.1) is 5.92 Å². The molecular weight excluding hydrogens is 128 g/mol. The van der Waals surface area contributed by atoms with Gasteiger partial charge in [0.1, 0.15) is 0 Å². The van der Waals surface area contributed by atoms with Gasteiger partial charge >= 0.3 is 0 Å². The summed E-state index contributed by atoms with van der Waals surface area (Å²) in [6.07, 6.45) is 3.96. The molecule has 0 saturated heterocycles. The molecular formula is C7H14N2O. The van der Waals surface area contributed by atoms with E-state index in [0.717, 1.165) is 0 Å². The fourth-order valence-electron chi connectivity index (χ4n) is 1.27. The summed E-state index contributed by atoms with van der Waals surface area (Å²) in [6, 6.07) is 0.0197. The van der Waals surface area contributed by atoms with Gasteiger partial charge in [-0.1, -0.05) is 6.42 Å². The molecule has 4 N–H and O–H groups in total. The highest BCUT2D eigenvalue weighted by atomic mass is 16.1. The molecule has 1 saturated carbocycles. The lowest BCUT2D eigenvalue weighted by atomic mass is 9.79. The Bertz CT molecular complexity index is 132. The highest BCUT2D eigenvalue weighted by Crippen LogP contribution is 2.29. The molecule has 10 heavy (non-hydrogen) atoms. The number of amides is 1. The third kappa shape index (κ3) is 1.70. The Balaban J connectivity index is 2.19. The van der Waals surface area contributed by atoms with Gasteiger partial charge < -0.3 is 11.5 Å². The molecule has 1 atom stereocenters. The summed E-state index contributed by atoms with van der Waals surface area (Å²) in [7, 11) is 0. The molecule has 0 aromatic carbocycles. The van der Waals surface area contributed by atoms with Gasteiger partial charge in [-0.3, -0.25) is 4.79 Å². The summed E-state index contributed by atoms with van der Waals surface area (Å²) < 4.78 is 0. The second-order valence-corrected chi connectivity index (χ2v) is 3.03. The lowest BCUT2D eigenvalue weighted by Crippen LogP contribution is -2.37. The molecule has 0 radical (unpaired) electrons. The van der Waals surface area contributed by atoms with Crippen LogP contribution in [0.2, 0.25) is 0 Å². The molecule has 1 rings (SSSR count). The number of primary amides is 1. The molecule has 3 nitrogen and oxygen atoms in total. The van der Waals surface area contributed by atoms with Gasteiger partial charge in [0.25, 0.3) is 0 Å². The second kappa shape index (κ2) is 3.01. The van der Waals surface area contributed by atoms with E-state index in [9.17, 15) is 4.79 Å². The van der Waals surface area contributed by atoms with Crippen molar-refractivity contribution in [2.45, 2.75) is 31.7 Å². The van der Waals surface area contributed by atoms with Crippen molar-refractivity contribution in [3.63, 3.8) is 0 Å². The van der Waals surface area contributed by atoms with Crippen molar-refractivity contribution in [2.24, 2.45) is 17.4 Å². The number of carbonyl (C=O) groups is 1. The molecule has 1 aliphatic carbocycles. The van der Waals surface area contributed by atoms with Crippen molar-refractivity contribution in [1.29, 1.82) is 0 Å². The Labute approximate surface area is 60.8 Å². The quantitative estimate of drug-likeness (QED) is 0.582. The standard InChI is InChI=1S/C7H14N2O/c8-6(4-7(9)10)5-2-1-3-5/h5-6H,1-4,8H2,(H2,9,10)/t6-/m0/s1. The Morgan fingerprint density at radius 2 is 2.20 bits per heavy atom. The van der Waals surface area contributed by atoms with Gasteiger partial charge in [0, 0.05) is 12.5 Å². The summed E-state index contributed by atoms with van der Waals surface area (Å²) in [5.41, 5.74) is 10.7. The van der Waals surface area contributed by atoms with Gasteiger partial charge in [0.2, 0.25) is 5.91 Å². The van der Waals surface area contributed by atoms with Crippen LogP contribution < -0.4 is 11.5 Å². The molecule has 58 valence electrons. The normalized spacial score (nSPS) is 21.7. The maximum Gasteiger partial charge on any atom is 0.218 e. The van der Waals surface area contributed by atoms with Gasteiger partial charge in [-0.2, -0.15) is 0 Å². The first-order valence-electron chi connectivity index (χ1n) is 3.74. The number of hydrogen-bond donors (Lipinski definition) is 2. The van der Waals surface area contributed by atoms with Crippen LogP contribution in [0.15, 0.2) is 0 Å². The first kappa shape index (κ1) is 7.54. The number of rotatable bonds is 3. The topological polar surface area (TPSA) is 69.1 Å². The highest BCUT2D eigenvalue weighted by Gasteiger charge is 2.24. The minimum absolute atomic E-state index is 0.0197. The van der Waals surface area contributed by atoms with Crippen molar-refractivity contribution in [3.05, 3.63) is 0 Å². The van der Waals surface area contributed by atoms with E-state index in [-0.39, 0.29) is 11.9 Å². The van der Waals surface area contributed by atoms with Gasteiger partial charge in [-0.15, -0.1) is 0 Å². The van der Waals surface area contributed by atoms with Crippen LogP contribution in [0.4, 0.5) is 0 Å². The van der Waals surface area contributed by atoms with Gasteiger partial charge in [0.15, 0.2) is 0 Å². The van der Waals surface area contributed by atoms with Crippen molar-refractivity contribution >= 4 is 5.91 Å². The van der Waals surface area contributed by atoms with Crippen LogP contribution in [0.3, 0.4) is 0 Å². The Morgan fingerprint density at radius 1 is 1.60 bits per heavy atom. The van der Waals surface area contributed by atoms with Crippen LogP contribution in [-0.2, 0) is 4.79 Å². The van der Waals surface area contributed by atoms with Crippen LogP contribution in [-0.4, -0.2) is 11.9 Å². The molecule has 1 aliphatic rings. The van der Waals surface area contributed by atoms with E-state index in [4.69, 9.17) is 11.5 Å². The van der Waals surface area contributed by atoms with Crippen molar-refractivity contribution in [2.75, 3.05) is 0 Å². The lowest BCUT2D eigenvalue weighted by molar-refractivity contribution is -0.118. The second-order valence-electron chi connectivity index (χ2n) is 3.03. The van der Waals surface area contributed by atoms with E-state index < -0.39 is 0 Å². The van der Waals surface area contributed by atoms with E-state index in [1.54, 1.807) is 0 Å². The van der Waals surface area contributed by atoms with E-state index in [0.29, 0.717) is 12.3 Å². The molecule has 1 fully saturated rings. The smallest absolute Gasteiger partial charge is 0.218 e. The van der Waals surface area contributed by atoms with Crippen molar-refractivity contribution in [3.8, 4) is 0 Å². The largest absolute Gasteiger partial charge is 0.370 e. The van der Waals surface area contributed by atoms with Gasteiger partial charge in [-0.05, 0) is 18.8 Å². The van der Waals surface area contributed by atoms with E-state index in [1.165, 1.54) is 19.3 Å². The monoisotopic (exact) mass is 142 g/mol. The Hall–Kier alpha value is -0.570. The molecule has 0 aromatic heterocycles. The predicted octanol–water partition coefficient (Wildman–Crippen LogP) is -0.0108. The van der Waals surface area contributed by atoms with E-state index >= 15 is 0 Å².